The van der Waals surface area contributed by atoms with Crippen molar-refractivity contribution < 1.29 is 0 Å². The Hall–Kier alpha value is -2.27. The van der Waals surface area contributed by atoms with Gasteiger partial charge in [0.05, 0.1) is 5.69 Å². The summed E-state index contributed by atoms with van der Waals surface area (Å²) in [6.45, 7) is 2.59. The third-order valence-electron chi connectivity index (χ3n) is 3.42. The van der Waals surface area contributed by atoms with Gasteiger partial charge in [-0.15, -0.1) is 0 Å². The minimum absolute atomic E-state index is 0.497. The van der Waals surface area contributed by atoms with Crippen molar-refractivity contribution in [3.05, 3.63) is 41.9 Å². The summed E-state index contributed by atoms with van der Waals surface area (Å²) in [5, 5.41) is 1.08. The van der Waals surface area contributed by atoms with Gasteiger partial charge in [-0.25, -0.2) is 9.97 Å². The van der Waals surface area contributed by atoms with Crippen LogP contribution in [0.25, 0.3) is 22.6 Å². The van der Waals surface area contributed by atoms with Crippen LogP contribution in [0.5, 0.6) is 0 Å². The van der Waals surface area contributed by atoms with Crippen LogP contribution in [0.4, 0.5) is 0 Å². The fraction of sp³-hybridized carbons (Fsp3) is 0.267. The van der Waals surface area contributed by atoms with E-state index in [0.29, 0.717) is 12.4 Å². The molecule has 0 aliphatic rings. The number of nitrogens with two attached hydrogens (primary N) is 1. The minimum atomic E-state index is 0.497. The van der Waals surface area contributed by atoms with E-state index in [2.05, 4.69) is 21.9 Å². The molecule has 2 N–H and O–H groups in total. The molecule has 0 aromatic carbocycles. The first-order chi connectivity index (χ1) is 9.74. The summed E-state index contributed by atoms with van der Waals surface area (Å²) < 4.78 is 2.00. The summed E-state index contributed by atoms with van der Waals surface area (Å²) in [5.41, 5.74) is 9.64. The Morgan fingerprint density at radius 2 is 2.10 bits per heavy atom. The molecule has 5 heteroatoms. The maximum Gasteiger partial charge on any atom is 0.180 e. The Morgan fingerprint density at radius 1 is 1.25 bits per heavy atom. The molecular formula is C15H17N5. The van der Waals surface area contributed by atoms with Crippen LogP contribution in [0.2, 0.25) is 0 Å². The van der Waals surface area contributed by atoms with Crippen molar-refractivity contribution in [2.75, 3.05) is 0 Å². The molecule has 102 valence electrons. The van der Waals surface area contributed by atoms with Gasteiger partial charge in [0.15, 0.2) is 5.82 Å². The van der Waals surface area contributed by atoms with Crippen LogP contribution in [-0.2, 0) is 20.0 Å². The van der Waals surface area contributed by atoms with E-state index in [9.17, 15) is 0 Å². The van der Waals surface area contributed by atoms with Crippen molar-refractivity contribution in [2.45, 2.75) is 19.9 Å². The standard InChI is InChI=1S/C15H17N5/c1-3-11-13-10(8-16)9-20(2)15(13)19-14(18-11)12-6-4-5-7-17-12/h4-7,9H,3,8,16H2,1-2H3. The third kappa shape index (κ3) is 1.96. The summed E-state index contributed by atoms with van der Waals surface area (Å²) in [6.07, 6.45) is 4.63. The summed E-state index contributed by atoms with van der Waals surface area (Å²) >= 11 is 0. The molecule has 0 amide bonds. The van der Waals surface area contributed by atoms with Gasteiger partial charge in [0, 0.05) is 31.4 Å². The average molecular weight is 267 g/mol. The van der Waals surface area contributed by atoms with E-state index < -0.39 is 0 Å². The third-order valence-corrected chi connectivity index (χ3v) is 3.42. The topological polar surface area (TPSA) is 69.6 Å². The van der Waals surface area contributed by atoms with E-state index in [1.807, 2.05) is 36.0 Å². The van der Waals surface area contributed by atoms with Gasteiger partial charge < -0.3 is 10.3 Å². The van der Waals surface area contributed by atoms with Crippen LogP contribution < -0.4 is 5.73 Å². The molecule has 20 heavy (non-hydrogen) atoms. The first kappa shape index (κ1) is 12.7. The van der Waals surface area contributed by atoms with Gasteiger partial charge in [0.25, 0.3) is 0 Å². The zero-order chi connectivity index (χ0) is 14.1. The molecule has 3 rings (SSSR count). The quantitative estimate of drug-likeness (QED) is 0.788. The highest BCUT2D eigenvalue weighted by Crippen LogP contribution is 2.25. The average Bonchev–Trinajstić information content (AvgIpc) is 2.84. The smallest absolute Gasteiger partial charge is 0.180 e. The normalized spacial score (nSPS) is 11.2. The fourth-order valence-corrected chi connectivity index (χ4v) is 2.46. The molecule has 3 heterocycles. The molecule has 0 unspecified atom stereocenters. The number of rotatable bonds is 3. The lowest BCUT2D eigenvalue weighted by Crippen LogP contribution is -2.01. The molecule has 0 atom stereocenters. The summed E-state index contributed by atoms with van der Waals surface area (Å²) in [4.78, 5) is 13.7. The molecule has 0 spiro atoms. The molecule has 0 radical (unpaired) electrons. The Bertz CT molecular complexity index is 746. The van der Waals surface area contributed by atoms with Crippen molar-refractivity contribution in [3.63, 3.8) is 0 Å². The van der Waals surface area contributed by atoms with Crippen LogP contribution >= 0.6 is 0 Å². The number of fused-ring (bicyclic) bond motifs is 1. The largest absolute Gasteiger partial charge is 0.335 e. The van der Waals surface area contributed by atoms with Crippen molar-refractivity contribution in [2.24, 2.45) is 12.8 Å². The predicted molar refractivity (Wildman–Crippen MR) is 79.0 cm³/mol. The summed E-state index contributed by atoms with van der Waals surface area (Å²) in [5.74, 6) is 0.666. The number of nitrogens with zero attached hydrogens (tertiary/aromatic N) is 4. The molecule has 0 aliphatic heterocycles. The summed E-state index contributed by atoms with van der Waals surface area (Å²) in [7, 11) is 1.98. The lowest BCUT2D eigenvalue weighted by atomic mass is 10.1. The van der Waals surface area contributed by atoms with Gasteiger partial charge in [-0.2, -0.15) is 0 Å². The van der Waals surface area contributed by atoms with Crippen LogP contribution in [0.15, 0.2) is 30.6 Å². The Kier molecular flexibility index (Phi) is 3.20. The molecule has 0 fully saturated rings. The maximum absolute atomic E-state index is 5.82. The zero-order valence-corrected chi connectivity index (χ0v) is 11.7. The number of aryl methyl sites for hydroxylation is 2. The molecule has 5 nitrogen and oxygen atoms in total. The summed E-state index contributed by atoms with van der Waals surface area (Å²) in [6, 6.07) is 5.75. The first-order valence-electron chi connectivity index (χ1n) is 6.71. The molecule has 3 aromatic rings. The van der Waals surface area contributed by atoms with Gasteiger partial charge >= 0.3 is 0 Å². The van der Waals surface area contributed by atoms with Crippen molar-refractivity contribution in [1.29, 1.82) is 0 Å². The van der Waals surface area contributed by atoms with Crippen LogP contribution in [0.1, 0.15) is 18.2 Å². The molecular weight excluding hydrogens is 250 g/mol. The Balaban J connectivity index is 2.30. The highest BCUT2D eigenvalue weighted by molar-refractivity contribution is 5.84. The maximum atomic E-state index is 5.82. The van der Waals surface area contributed by atoms with E-state index in [-0.39, 0.29) is 0 Å². The fourth-order valence-electron chi connectivity index (χ4n) is 2.46. The molecule has 0 saturated carbocycles. The second-order valence-corrected chi connectivity index (χ2v) is 4.73. The van der Waals surface area contributed by atoms with Gasteiger partial charge in [-0.3, -0.25) is 4.98 Å². The highest BCUT2D eigenvalue weighted by atomic mass is 15.0. The van der Waals surface area contributed by atoms with Crippen molar-refractivity contribution in [3.8, 4) is 11.5 Å². The molecule has 0 bridgehead atoms. The lowest BCUT2D eigenvalue weighted by molar-refractivity contribution is 0.927. The van der Waals surface area contributed by atoms with Gasteiger partial charge in [-0.1, -0.05) is 13.0 Å². The van der Waals surface area contributed by atoms with Crippen LogP contribution in [0.3, 0.4) is 0 Å². The Morgan fingerprint density at radius 3 is 2.75 bits per heavy atom. The van der Waals surface area contributed by atoms with E-state index in [4.69, 9.17) is 5.73 Å². The molecule has 3 aromatic heterocycles. The van der Waals surface area contributed by atoms with E-state index >= 15 is 0 Å². The SMILES string of the molecule is CCc1nc(-c2ccccn2)nc2c1c(CN)cn2C. The lowest BCUT2D eigenvalue weighted by Gasteiger charge is -2.06. The highest BCUT2D eigenvalue weighted by Gasteiger charge is 2.15. The monoisotopic (exact) mass is 267 g/mol. The first-order valence-corrected chi connectivity index (χ1v) is 6.71. The van der Waals surface area contributed by atoms with E-state index in [1.54, 1.807) is 6.20 Å². The second kappa shape index (κ2) is 5.02. The minimum Gasteiger partial charge on any atom is -0.335 e. The second-order valence-electron chi connectivity index (χ2n) is 4.73. The predicted octanol–water partition coefficient (Wildman–Crippen LogP) is 2.05. The number of aromatic nitrogens is 4. The van der Waals surface area contributed by atoms with Gasteiger partial charge in [-0.05, 0) is 24.1 Å². The number of pyridine rings is 1. The number of hydrogen-bond donors (Lipinski definition) is 1. The van der Waals surface area contributed by atoms with Crippen LogP contribution in [-0.4, -0.2) is 19.5 Å². The number of hydrogen-bond acceptors (Lipinski definition) is 4. The van der Waals surface area contributed by atoms with E-state index in [1.165, 1.54) is 0 Å². The molecule has 0 aliphatic carbocycles. The van der Waals surface area contributed by atoms with E-state index in [0.717, 1.165) is 34.4 Å². The Labute approximate surface area is 117 Å². The van der Waals surface area contributed by atoms with Crippen molar-refractivity contribution in [1.82, 2.24) is 19.5 Å². The van der Waals surface area contributed by atoms with Crippen molar-refractivity contribution >= 4 is 11.0 Å². The zero-order valence-electron chi connectivity index (χ0n) is 11.7. The van der Waals surface area contributed by atoms with Gasteiger partial charge in [0.1, 0.15) is 11.3 Å². The van der Waals surface area contributed by atoms with Crippen LogP contribution in [0, 0.1) is 0 Å². The molecule has 0 saturated heterocycles. The van der Waals surface area contributed by atoms with Gasteiger partial charge in [0.2, 0.25) is 0 Å².